The molecule has 1 aliphatic rings. The number of fused-ring (bicyclic) bond motifs is 1. The monoisotopic (exact) mass is 299 g/mol. The van der Waals surface area contributed by atoms with E-state index < -0.39 is 0 Å². The topological polar surface area (TPSA) is 41.9 Å². The van der Waals surface area contributed by atoms with Gasteiger partial charge in [-0.3, -0.25) is 0 Å². The molecule has 4 heteroatoms. The van der Waals surface area contributed by atoms with Crippen molar-refractivity contribution in [3.63, 3.8) is 0 Å². The fraction of sp³-hybridized carbons (Fsp3) is 0.333. The molecule has 0 aliphatic carbocycles. The summed E-state index contributed by atoms with van der Waals surface area (Å²) in [5, 5.41) is 9.67. The summed E-state index contributed by atoms with van der Waals surface area (Å²) in [6.07, 6.45) is 0.856. The first-order valence-electron chi connectivity index (χ1n) is 7.57. The maximum Gasteiger partial charge on any atom is 0.143 e. The van der Waals surface area contributed by atoms with Crippen LogP contribution in [-0.4, -0.2) is 31.4 Å². The van der Waals surface area contributed by atoms with E-state index in [1.807, 2.05) is 24.3 Å². The molecule has 0 fully saturated rings. The lowest BCUT2D eigenvalue weighted by Crippen LogP contribution is -2.41. The van der Waals surface area contributed by atoms with E-state index in [1.165, 1.54) is 0 Å². The predicted octanol–water partition coefficient (Wildman–Crippen LogP) is 3.23. The first-order chi connectivity index (χ1) is 10.7. The molecule has 0 saturated carbocycles. The summed E-state index contributed by atoms with van der Waals surface area (Å²) in [4.78, 5) is 2.23. The molecular weight excluding hydrogens is 278 g/mol. The zero-order valence-electron chi connectivity index (χ0n) is 13.0. The number of phenolic OH excluding ortho intramolecular Hbond substituents is 1. The SMILES string of the molecule is CCN1CC(Cc2ccccc2OC)Oc2ccc(O)cc21. The van der Waals surface area contributed by atoms with E-state index in [0.29, 0.717) is 0 Å². The summed E-state index contributed by atoms with van der Waals surface area (Å²) in [5.41, 5.74) is 2.10. The molecule has 1 atom stereocenters. The Kier molecular flexibility index (Phi) is 4.09. The van der Waals surface area contributed by atoms with E-state index in [0.717, 1.165) is 42.3 Å². The number of aromatic hydroxyl groups is 1. The molecule has 0 aromatic heterocycles. The molecule has 1 heterocycles. The molecular formula is C18H21NO3. The maximum atomic E-state index is 9.67. The standard InChI is InChI=1S/C18H21NO3/c1-3-19-12-15(10-13-6-4-5-7-17(13)21-2)22-18-9-8-14(20)11-16(18)19/h4-9,11,15,20H,3,10,12H2,1-2H3. The molecule has 3 rings (SSSR count). The van der Waals surface area contributed by atoms with Crippen LogP contribution in [0.3, 0.4) is 0 Å². The highest BCUT2D eigenvalue weighted by Crippen LogP contribution is 2.37. The number of methoxy groups -OCH3 is 1. The minimum Gasteiger partial charge on any atom is -0.508 e. The molecule has 116 valence electrons. The first-order valence-corrected chi connectivity index (χ1v) is 7.57. The average Bonchev–Trinajstić information content (AvgIpc) is 2.55. The van der Waals surface area contributed by atoms with Gasteiger partial charge in [0.05, 0.1) is 19.3 Å². The molecule has 0 amide bonds. The lowest BCUT2D eigenvalue weighted by atomic mass is 10.0. The quantitative estimate of drug-likeness (QED) is 0.941. The Morgan fingerprint density at radius 2 is 2.09 bits per heavy atom. The fourth-order valence-corrected chi connectivity index (χ4v) is 2.94. The van der Waals surface area contributed by atoms with E-state index in [4.69, 9.17) is 9.47 Å². The highest BCUT2D eigenvalue weighted by molar-refractivity contribution is 5.63. The highest BCUT2D eigenvalue weighted by Gasteiger charge is 2.26. The number of phenols is 1. The van der Waals surface area contributed by atoms with Crippen molar-refractivity contribution in [2.24, 2.45) is 0 Å². The van der Waals surface area contributed by atoms with Gasteiger partial charge in [0.25, 0.3) is 0 Å². The highest BCUT2D eigenvalue weighted by atomic mass is 16.5. The molecule has 0 bridgehead atoms. The van der Waals surface area contributed by atoms with Gasteiger partial charge in [0.15, 0.2) is 0 Å². The molecule has 2 aromatic rings. The van der Waals surface area contributed by atoms with Gasteiger partial charge in [0, 0.05) is 19.0 Å². The van der Waals surface area contributed by atoms with Crippen molar-refractivity contribution in [2.45, 2.75) is 19.4 Å². The lowest BCUT2D eigenvalue weighted by Gasteiger charge is -2.36. The molecule has 0 radical (unpaired) electrons. The van der Waals surface area contributed by atoms with E-state index >= 15 is 0 Å². The number of rotatable bonds is 4. The summed E-state index contributed by atoms with van der Waals surface area (Å²) in [6.45, 7) is 3.78. The fourth-order valence-electron chi connectivity index (χ4n) is 2.94. The second-order valence-electron chi connectivity index (χ2n) is 5.45. The third-order valence-electron chi connectivity index (χ3n) is 4.02. The van der Waals surface area contributed by atoms with Crippen molar-refractivity contribution in [1.29, 1.82) is 0 Å². The van der Waals surface area contributed by atoms with Gasteiger partial charge in [-0.05, 0) is 30.7 Å². The first kappa shape index (κ1) is 14.6. The number of nitrogens with zero attached hydrogens (tertiary/aromatic N) is 1. The number of benzene rings is 2. The van der Waals surface area contributed by atoms with Crippen LogP contribution in [0.15, 0.2) is 42.5 Å². The number of anilines is 1. The molecule has 1 aliphatic heterocycles. The van der Waals surface area contributed by atoms with Gasteiger partial charge in [-0.25, -0.2) is 0 Å². The van der Waals surface area contributed by atoms with E-state index in [9.17, 15) is 5.11 Å². The smallest absolute Gasteiger partial charge is 0.143 e. The van der Waals surface area contributed by atoms with E-state index in [1.54, 1.807) is 19.2 Å². The summed E-state index contributed by atoms with van der Waals surface area (Å²) in [6, 6.07) is 13.3. The van der Waals surface area contributed by atoms with Crippen molar-refractivity contribution in [2.75, 3.05) is 25.1 Å². The Morgan fingerprint density at radius 3 is 2.86 bits per heavy atom. The summed E-state index contributed by atoms with van der Waals surface area (Å²) < 4.78 is 11.5. The van der Waals surface area contributed by atoms with Crippen LogP contribution in [0, 0.1) is 0 Å². The van der Waals surface area contributed by atoms with Crippen molar-refractivity contribution < 1.29 is 14.6 Å². The van der Waals surface area contributed by atoms with Crippen molar-refractivity contribution >= 4 is 5.69 Å². The van der Waals surface area contributed by atoms with Crippen LogP contribution in [0.5, 0.6) is 17.2 Å². The number of ether oxygens (including phenoxy) is 2. The summed E-state index contributed by atoms with van der Waals surface area (Å²) in [7, 11) is 1.69. The van der Waals surface area contributed by atoms with Gasteiger partial charge in [-0.1, -0.05) is 18.2 Å². The molecule has 2 aromatic carbocycles. The van der Waals surface area contributed by atoms with Gasteiger partial charge < -0.3 is 19.5 Å². The van der Waals surface area contributed by atoms with Crippen LogP contribution in [0.2, 0.25) is 0 Å². The van der Waals surface area contributed by atoms with Crippen molar-refractivity contribution in [3.8, 4) is 17.2 Å². The average molecular weight is 299 g/mol. The third kappa shape index (κ3) is 2.82. The Balaban J connectivity index is 1.84. The molecule has 1 unspecified atom stereocenters. The van der Waals surface area contributed by atoms with Crippen LogP contribution in [0.25, 0.3) is 0 Å². The molecule has 4 nitrogen and oxygen atoms in total. The number of para-hydroxylation sites is 1. The molecule has 0 spiro atoms. The van der Waals surface area contributed by atoms with Crippen LogP contribution in [0.1, 0.15) is 12.5 Å². The number of hydrogen-bond donors (Lipinski definition) is 1. The van der Waals surface area contributed by atoms with Crippen LogP contribution in [-0.2, 0) is 6.42 Å². The lowest BCUT2D eigenvalue weighted by molar-refractivity contribution is 0.192. The second-order valence-corrected chi connectivity index (χ2v) is 5.45. The summed E-state index contributed by atoms with van der Waals surface area (Å²) >= 11 is 0. The van der Waals surface area contributed by atoms with E-state index in [-0.39, 0.29) is 11.9 Å². The predicted molar refractivity (Wildman–Crippen MR) is 87.1 cm³/mol. The number of likely N-dealkylation sites (N-methyl/N-ethyl adjacent to an activating group) is 1. The Bertz CT molecular complexity index is 657. The van der Waals surface area contributed by atoms with Crippen molar-refractivity contribution in [1.82, 2.24) is 0 Å². The van der Waals surface area contributed by atoms with Crippen molar-refractivity contribution in [3.05, 3.63) is 48.0 Å². The van der Waals surface area contributed by atoms with Gasteiger partial charge in [0.2, 0.25) is 0 Å². The zero-order valence-corrected chi connectivity index (χ0v) is 13.0. The Labute approximate surface area is 130 Å². The minimum absolute atomic E-state index is 0.0632. The number of hydrogen-bond acceptors (Lipinski definition) is 4. The maximum absolute atomic E-state index is 9.67. The molecule has 1 N–H and O–H groups in total. The van der Waals surface area contributed by atoms with Gasteiger partial charge in [-0.2, -0.15) is 0 Å². The van der Waals surface area contributed by atoms with Gasteiger partial charge in [0.1, 0.15) is 23.4 Å². The largest absolute Gasteiger partial charge is 0.508 e. The zero-order chi connectivity index (χ0) is 15.5. The summed E-state index contributed by atoms with van der Waals surface area (Å²) in [5.74, 6) is 1.99. The van der Waals surface area contributed by atoms with Gasteiger partial charge >= 0.3 is 0 Å². The molecule has 0 saturated heterocycles. The van der Waals surface area contributed by atoms with Crippen LogP contribution in [0.4, 0.5) is 5.69 Å². The Morgan fingerprint density at radius 1 is 1.27 bits per heavy atom. The Hall–Kier alpha value is -2.36. The molecule has 22 heavy (non-hydrogen) atoms. The normalized spacial score (nSPS) is 16.8. The third-order valence-corrected chi connectivity index (χ3v) is 4.02. The van der Waals surface area contributed by atoms with Crippen LogP contribution < -0.4 is 14.4 Å². The second kappa shape index (κ2) is 6.18. The minimum atomic E-state index is 0.0632. The van der Waals surface area contributed by atoms with Crippen LogP contribution >= 0.6 is 0 Å². The van der Waals surface area contributed by atoms with E-state index in [2.05, 4.69) is 17.9 Å². The van der Waals surface area contributed by atoms with Gasteiger partial charge in [-0.15, -0.1) is 0 Å².